The SMILES string of the molecule is CC(C)OC(=O)N1CCC(Oc2ccnc3c(Cl)cccc23)CC1. The molecule has 2 aromatic rings. The van der Waals surface area contributed by atoms with E-state index in [1.165, 1.54) is 0 Å². The van der Waals surface area contributed by atoms with E-state index in [0.717, 1.165) is 29.5 Å². The van der Waals surface area contributed by atoms with Crippen LogP contribution in [-0.4, -0.2) is 41.3 Å². The van der Waals surface area contributed by atoms with Crippen LogP contribution in [0.5, 0.6) is 5.75 Å². The summed E-state index contributed by atoms with van der Waals surface area (Å²) in [5.41, 5.74) is 0.745. The molecule has 128 valence electrons. The number of rotatable bonds is 3. The molecule has 0 bridgehead atoms. The molecule has 5 nitrogen and oxygen atoms in total. The summed E-state index contributed by atoms with van der Waals surface area (Å²) < 4.78 is 11.4. The van der Waals surface area contributed by atoms with Crippen molar-refractivity contribution in [2.45, 2.75) is 38.9 Å². The van der Waals surface area contributed by atoms with Gasteiger partial charge in [0.25, 0.3) is 0 Å². The van der Waals surface area contributed by atoms with Gasteiger partial charge < -0.3 is 14.4 Å². The van der Waals surface area contributed by atoms with Gasteiger partial charge >= 0.3 is 6.09 Å². The second-order valence-corrected chi connectivity index (χ2v) is 6.59. The van der Waals surface area contributed by atoms with Crippen LogP contribution in [0.1, 0.15) is 26.7 Å². The van der Waals surface area contributed by atoms with Crippen LogP contribution in [0.4, 0.5) is 4.79 Å². The number of piperidine rings is 1. The minimum absolute atomic E-state index is 0.0673. The van der Waals surface area contributed by atoms with Crippen molar-refractivity contribution in [1.82, 2.24) is 9.88 Å². The van der Waals surface area contributed by atoms with E-state index >= 15 is 0 Å². The van der Waals surface area contributed by atoms with Crippen LogP contribution in [-0.2, 0) is 4.74 Å². The zero-order valence-electron chi connectivity index (χ0n) is 13.9. The standard InChI is InChI=1S/C18H21ClN2O3/c1-12(2)23-18(22)21-10-7-13(8-11-21)24-16-6-9-20-17-14(16)4-3-5-15(17)19/h3-6,9,12-13H,7-8,10-11H2,1-2H3. The molecule has 1 saturated heterocycles. The van der Waals surface area contributed by atoms with Gasteiger partial charge in [0, 0.05) is 37.5 Å². The number of nitrogens with zero attached hydrogens (tertiary/aromatic N) is 2. The van der Waals surface area contributed by atoms with Crippen LogP contribution >= 0.6 is 11.6 Å². The third-order valence-electron chi connectivity index (χ3n) is 4.01. The normalized spacial score (nSPS) is 15.8. The molecule has 0 aliphatic carbocycles. The Morgan fingerprint density at radius 3 is 2.75 bits per heavy atom. The molecular weight excluding hydrogens is 328 g/mol. The number of halogens is 1. The van der Waals surface area contributed by atoms with Crippen molar-refractivity contribution >= 4 is 28.6 Å². The van der Waals surface area contributed by atoms with Crippen LogP contribution in [0, 0.1) is 0 Å². The molecule has 3 rings (SSSR count). The fourth-order valence-corrected chi connectivity index (χ4v) is 3.05. The molecule has 1 aromatic heterocycles. The smallest absolute Gasteiger partial charge is 0.410 e. The lowest BCUT2D eigenvalue weighted by molar-refractivity contribution is 0.0520. The summed E-state index contributed by atoms with van der Waals surface area (Å²) >= 11 is 6.19. The highest BCUT2D eigenvalue weighted by Crippen LogP contribution is 2.30. The largest absolute Gasteiger partial charge is 0.490 e. The highest BCUT2D eigenvalue weighted by atomic mass is 35.5. The maximum Gasteiger partial charge on any atom is 0.410 e. The zero-order chi connectivity index (χ0) is 17.1. The first-order valence-electron chi connectivity index (χ1n) is 8.20. The molecule has 6 heteroatoms. The van der Waals surface area contributed by atoms with E-state index < -0.39 is 0 Å². The van der Waals surface area contributed by atoms with E-state index in [4.69, 9.17) is 21.1 Å². The average molecular weight is 349 g/mol. The number of carbonyl (C=O) groups excluding carboxylic acids is 1. The summed E-state index contributed by atoms with van der Waals surface area (Å²) in [4.78, 5) is 18.0. The number of para-hydroxylation sites is 1. The third-order valence-corrected chi connectivity index (χ3v) is 4.32. The average Bonchev–Trinajstić information content (AvgIpc) is 2.56. The maximum absolute atomic E-state index is 11.9. The van der Waals surface area contributed by atoms with Gasteiger partial charge in [0.15, 0.2) is 0 Å². The number of pyridine rings is 1. The molecular formula is C18H21ClN2O3. The fourth-order valence-electron chi connectivity index (χ4n) is 2.83. The summed E-state index contributed by atoms with van der Waals surface area (Å²) in [7, 11) is 0. The second-order valence-electron chi connectivity index (χ2n) is 6.18. The second kappa shape index (κ2) is 7.26. The van der Waals surface area contributed by atoms with E-state index in [2.05, 4.69) is 4.98 Å². The molecule has 2 heterocycles. The molecule has 1 aromatic carbocycles. The van der Waals surface area contributed by atoms with Crippen LogP contribution in [0.15, 0.2) is 30.5 Å². The highest BCUT2D eigenvalue weighted by Gasteiger charge is 2.25. The number of carbonyl (C=O) groups is 1. The predicted octanol–water partition coefficient (Wildman–Crippen LogP) is 4.28. The first kappa shape index (κ1) is 16.8. The topological polar surface area (TPSA) is 51.7 Å². The number of aromatic nitrogens is 1. The summed E-state index contributed by atoms with van der Waals surface area (Å²) in [6.45, 7) is 4.99. The Hall–Kier alpha value is -2.01. The summed E-state index contributed by atoms with van der Waals surface area (Å²) in [6, 6.07) is 7.53. The maximum atomic E-state index is 11.9. The Kier molecular flexibility index (Phi) is 5.09. The molecule has 1 amide bonds. The number of ether oxygens (including phenoxy) is 2. The minimum atomic E-state index is -0.246. The van der Waals surface area contributed by atoms with Crippen molar-refractivity contribution in [3.8, 4) is 5.75 Å². The quantitative estimate of drug-likeness (QED) is 0.830. The first-order valence-corrected chi connectivity index (χ1v) is 8.58. The lowest BCUT2D eigenvalue weighted by Crippen LogP contribution is -2.42. The first-order chi connectivity index (χ1) is 11.5. The number of benzene rings is 1. The third kappa shape index (κ3) is 3.73. The minimum Gasteiger partial charge on any atom is -0.490 e. The van der Waals surface area contributed by atoms with Crippen LogP contribution in [0.3, 0.4) is 0 Å². The predicted molar refractivity (Wildman–Crippen MR) is 93.6 cm³/mol. The van der Waals surface area contributed by atoms with E-state index in [-0.39, 0.29) is 18.3 Å². The van der Waals surface area contributed by atoms with Gasteiger partial charge in [0.1, 0.15) is 11.9 Å². The number of fused-ring (bicyclic) bond motifs is 1. The summed E-state index contributed by atoms with van der Waals surface area (Å²) in [6.07, 6.45) is 2.98. The molecule has 0 spiro atoms. The lowest BCUT2D eigenvalue weighted by Gasteiger charge is -2.32. The number of likely N-dealkylation sites (tertiary alicyclic amines) is 1. The number of amides is 1. The molecule has 1 fully saturated rings. The van der Waals surface area contributed by atoms with Gasteiger partial charge in [-0.25, -0.2) is 4.79 Å². The Morgan fingerprint density at radius 2 is 2.04 bits per heavy atom. The van der Waals surface area contributed by atoms with Crippen LogP contribution in [0.25, 0.3) is 10.9 Å². The van der Waals surface area contributed by atoms with E-state index in [1.54, 1.807) is 11.1 Å². The van der Waals surface area contributed by atoms with Gasteiger partial charge in [-0.05, 0) is 32.0 Å². The Morgan fingerprint density at radius 1 is 1.29 bits per heavy atom. The van der Waals surface area contributed by atoms with E-state index in [0.29, 0.717) is 18.1 Å². The highest BCUT2D eigenvalue weighted by molar-refractivity contribution is 6.35. The van der Waals surface area contributed by atoms with Gasteiger partial charge in [0.05, 0.1) is 16.6 Å². The Bertz CT molecular complexity index is 727. The van der Waals surface area contributed by atoms with Crippen molar-refractivity contribution < 1.29 is 14.3 Å². The molecule has 0 radical (unpaired) electrons. The lowest BCUT2D eigenvalue weighted by atomic mass is 10.1. The Balaban J connectivity index is 1.65. The number of hydrogen-bond donors (Lipinski definition) is 0. The van der Waals surface area contributed by atoms with Crippen molar-refractivity contribution in [3.05, 3.63) is 35.5 Å². The fraction of sp³-hybridized carbons (Fsp3) is 0.444. The molecule has 0 unspecified atom stereocenters. The van der Waals surface area contributed by atoms with Gasteiger partial charge in [0.2, 0.25) is 0 Å². The van der Waals surface area contributed by atoms with Crippen LogP contribution < -0.4 is 4.74 Å². The van der Waals surface area contributed by atoms with Gasteiger partial charge in [-0.2, -0.15) is 0 Å². The zero-order valence-corrected chi connectivity index (χ0v) is 14.6. The summed E-state index contributed by atoms with van der Waals surface area (Å²) in [5, 5.41) is 1.52. The van der Waals surface area contributed by atoms with Crippen LogP contribution in [0.2, 0.25) is 5.02 Å². The van der Waals surface area contributed by atoms with Gasteiger partial charge in [-0.15, -0.1) is 0 Å². The van der Waals surface area contributed by atoms with Gasteiger partial charge in [-0.1, -0.05) is 17.7 Å². The van der Waals surface area contributed by atoms with Crippen molar-refractivity contribution in [2.75, 3.05) is 13.1 Å². The molecule has 1 aliphatic rings. The van der Waals surface area contributed by atoms with E-state index in [9.17, 15) is 4.79 Å². The van der Waals surface area contributed by atoms with E-state index in [1.807, 2.05) is 38.1 Å². The van der Waals surface area contributed by atoms with Crippen molar-refractivity contribution in [1.29, 1.82) is 0 Å². The molecule has 0 atom stereocenters. The molecule has 0 saturated carbocycles. The molecule has 24 heavy (non-hydrogen) atoms. The van der Waals surface area contributed by atoms with Crippen molar-refractivity contribution in [3.63, 3.8) is 0 Å². The van der Waals surface area contributed by atoms with Crippen molar-refractivity contribution in [2.24, 2.45) is 0 Å². The summed E-state index contributed by atoms with van der Waals surface area (Å²) in [5.74, 6) is 0.783. The molecule has 1 aliphatic heterocycles. The van der Waals surface area contributed by atoms with Gasteiger partial charge in [-0.3, -0.25) is 4.98 Å². The number of hydrogen-bond acceptors (Lipinski definition) is 4. The molecule has 0 N–H and O–H groups in total. The monoisotopic (exact) mass is 348 g/mol. The Labute approximate surface area is 146 Å².